The molecular formula is C22H19N3O3. The van der Waals surface area contributed by atoms with Crippen LogP contribution in [-0.4, -0.2) is 15.7 Å². The summed E-state index contributed by atoms with van der Waals surface area (Å²) in [6, 6.07) is 14.6. The van der Waals surface area contributed by atoms with Crippen LogP contribution in [-0.2, 0) is 0 Å². The lowest BCUT2D eigenvalue weighted by molar-refractivity contribution is 0.102. The number of anilines is 1. The Balaban J connectivity index is 1.64. The molecule has 4 aromatic rings. The van der Waals surface area contributed by atoms with Crippen LogP contribution in [0.4, 0.5) is 5.69 Å². The number of carbonyl (C=O) groups is 1. The Morgan fingerprint density at radius 3 is 2.68 bits per heavy atom. The van der Waals surface area contributed by atoms with E-state index in [1.54, 1.807) is 23.0 Å². The van der Waals surface area contributed by atoms with Crippen LogP contribution < -0.4 is 10.9 Å². The van der Waals surface area contributed by atoms with Crippen molar-refractivity contribution >= 4 is 22.6 Å². The highest BCUT2D eigenvalue weighted by atomic mass is 16.4. The van der Waals surface area contributed by atoms with Gasteiger partial charge in [-0.25, -0.2) is 9.48 Å². The summed E-state index contributed by atoms with van der Waals surface area (Å²) in [5.41, 5.74) is 4.65. The Kier molecular flexibility index (Phi) is 4.31. The molecule has 0 unspecified atom stereocenters. The van der Waals surface area contributed by atoms with E-state index in [0.717, 1.165) is 27.9 Å². The maximum absolute atomic E-state index is 12.8. The van der Waals surface area contributed by atoms with E-state index in [0.29, 0.717) is 16.8 Å². The van der Waals surface area contributed by atoms with Crippen molar-refractivity contribution in [2.75, 3.05) is 5.32 Å². The zero-order chi connectivity index (χ0) is 19.8. The second-order valence-electron chi connectivity index (χ2n) is 6.81. The molecule has 2 aromatic heterocycles. The molecule has 6 nitrogen and oxygen atoms in total. The maximum Gasteiger partial charge on any atom is 0.336 e. The summed E-state index contributed by atoms with van der Waals surface area (Å²) in [7, 11) is 0. The van der Waals surface area contributed by atoms with Crippen molar-refractivity contribution in [3.05, 3.63) is 87.5 Å². The van der Waals surface area contributed by atoms with Gasteiger partial charge in [0, 0.05) is 23.2 Å². The van der Waals surface area contributed by atoms with Crippen LogP contribution in [0.25, 0.3) is 16.7 Å². The van der Waals surface area contributed by atoms with Crippen molar-refractivity contribution < 1.29 is 9.21 Å². The maximum atomic E-state index is 12.8. The molecule has 0 radical (unpaired) electrons. The highest BCUT2D eigenvalue weighted by molar-refractivity contribution is 6.05. The molecule has 0 saturated heterocycles. The number of benzene rings is 2. The van der Waals surface area contributed by atoms with Crippen LogP contribution in [0.2, 0.25) is 0 Å². The topological polar surface area (TPSA) is 77.1 Å². The Bertz CT molecular complexity index is 1270. The van der Waals surface area contributed by atoms with E-state index in [2.05, 4.69) is 10.4 Å². The fourth-order valence-corrected chi connectivity index (χ4v) is 3.25. The first-order valence-corrected chi connectivity index (χ1v) is 8.90. The Morgan fingerprint density at radius 1 is 1.07 bits per heavy atom. The summed E-state index contributed by atoms with van der Waals surface area (Å²) < 4.78 is 6.98. The first kappa shape index (κ1) is 17.7. The van der Waals surface area contributed by atoms with Gasteiger partial charge in [-0.15, -0.1) is 0 Å². The lowest BCUT2D eigenvalue weighted by Crippen LogP contribution is -2.13. The number of hydrogen-bond acceptors (Lipinski definition) is 4. The normalized spacial score (nSPS) is 11.0. The van der Waals surface area contributed by atoms with Crippen molar-refractivity contribution in [2.45, 2.75) is 20.8 Å². The van der Waals surface area contributed by atoms with Gasteiger partial charge in [-0.1, -0.05) is 12.1 Å². The molecule has 0 atom stereocenters. The van der Waals surface area contributed by atoms with Gasteiger partial charge in [-0.05, 0) is 56.2 Å². The third kappa shape index (κ3) is 3.20. The average molecular weight is 373 g/mol. The van der Waals surface area contributed by atoms with Gasteiger partial charge in [0.1, 0.15) is 5.58 Å². The summed E-state index contributed by atoms with van der Waals surface area (Å²) in [5, 5.41) is 8.05. The van der Waals surface area contributed by atoms with Gasteiger partial charge in [0.05, 0.1) is 23.1 Å². The van der Waals surface area contributed by atoms with Crippen molar-refractivity contribution in [3.8, 4) is 5.69 Å². The molecular weight excluding hydrogens is 354 g/mol. The predicted octanol–water partition coefficient (Wildman–Crippen LogP) is 4.16. The molecule has 1 amide bonds. The van der Waals surface area contributed by atoms with Crippen molar-refractivity contribution in [1.82, 2.24) is 9.78 Å². The molecule has 140 valence electrons. The van der Waals surface area contributed by atoms with Gasteiger partial charge in [-0.2, -0.15) is 5.10 Å². The second kappa shape index (κ2) is 6.81. The number of hydrogen-bond donors (Lipinski definition) is 1. The zero-order valence-corrected chi connectivity index (χ0v) is 15.8. The minimum absolute atomic E-state index is 0.272. The van der Waals surface area contributed by atoms with Crippen LogP contribution in [0, 0.1) is 20.8 Å². The predicted molar refractivity (Wildman–Crippen MR) is 108 cm³/mol. The fraction of sp³-hybridized carbons (Fsp3) is 0.136. The number of amides is 1. The van der Waals surface area contributed by atoms with Crippen LogP contribution in [0.1, 0.15) is 27.2 Å². The van der Waals surface area contributed by atoms with E-state index >= 15 is 0 Å². The summed E-state index contributed by atoms with van der Waals surface area (Å²) in [6.45, 7) is 5.71. The van der Waals surface area contributed by atoms with Crippen LogP contribution in [0.5, 0.6) is 0 Å². The number of nitrogens with one attached hydrogen (secondary N) is 1. The number of aromatic nitrogens is 2. The Hall–Kier alpha value is -3.67. The summed E-state index contributed by atoms with van der Waals surface area (Å²) in [5.74, 6) is -0.272. The average Bonchev–Trinajstić information content (AvgIpc) is 3.03. The molecule has 28 heavy (non-hydrogen) atoms. The van der Waals surface area contributed by atoms with Gasteiger partial charge in [-0.3, -0.25) is 4.79 Å². The van der Waals surface area contributed by atoms with E-state index in [-0.39, 0.29) is 5.91 Å². The van der Waals surface area contributed by atoms with Gasteiger partial charge < -0.3 is 9.73 Å². The highest BCUT2D eigenvalue weighted by Crippen LogP contribution is 2.22. The zero-order valence-electron chi connectivity index (χ0n) is 15.8. The minimum Gasteiger partial charge on any atom is -0.423 e. The van der Waals surface area contributed by atoms with E-state index in [1.165, 1.54) is 6.07 Å². The molecule has 0 spiro atoms. The second-order valence-corrected chi connectivity index (χ2v) is 6.81. The number of nitrogens with zero attached hydrogens (tertiary/aromatic N) is 2. The fourth-order valence-electron chi connectivity index (χ4n) is 3.25. The molecule has 0 saturated carbocycles. The van der Waals surface area contributed by atoms with E-state index in [1.807, 2.05) is 51.1 Å². The summed E-state index contributed by atoms with van der Waals surface area (Å²) >= 11 is 0. The number of rotatable bonds is 3. The van der Waals surface area contributed by atoms with Crippen molar-refractivity contribution in [2.24, 2.45) is 0 Å². The largest absolute Gasteiger partial charge is 0.423 e. The van der Waals surface area contributed by atoms with Crippen molar-refractivity contribution in [1.29, 1.82) is 0 Å². The third-order valence-electron chi connectivity index (χ3n) is 4.71. The molecule has 4 rings (SSSR count). The molecule has 2 aromatic carbocycles. The Labute approximate surface area is 161 Å². The van der Waals surface area contributed by atoms with E-state index < -0.39 is 5.63 Å². The first-order valence-electron chi connectivity index (χ1n) is 8.90. The van der Waals surface area contributed by atoms with Gasteiger partial charge in [0.15, 0.2) is 0 Å². The molecule has 0 aliphatic carbocycles. The lowest BCUT2D eigenvalue weighted by atomic mass is 10.1. The molecule has 0 aliphatic heterocycles. The van der Waals surface area contributed by atoms with Crippen LogP contribution >= 0.6 is 0 Å². The van der Waals surface area contributed by atoms with Crippen LogP contribution in [0.3, 0.4) is 0 Å². The van der Waals surface area contributed by atoms with Crippen molar-refractivity contribution in [3.63, 3.8) is 0 Å². The molecule has 0 fully saturated rings. The first-order chi connectivity index (χ1) is 13.4. The number of fused-ring (bicyclic) bond motifs is 1. The lowest BCUT2D eigenvalue weighted by Gasteiger charge is -2.08. The van der Waals surface area contributed by atoms with E-state index in [9.17, 15) is 9.59 Å². The number of aryl methyl sites for hydroxylation is 2. The van der Waals surface area contributed by atoms with Gasteiger partial charge >= 0.3 is 5.63 Å². The quantitative estimate of drug-likeness (QED) is 0.547. The highest BCUT2D eigenvalue weighted by Gasteiger charge is 2.16. The molecule has 0 bridgehead atoms. The number of carbonyl (C=O) groups excluding carboxylic acids is 1. The monoisotopic (exact) mass is 373 g/mol. The molecule has 6 heteroatoms. The SMILES string of the molecule is Cc1cccc(-n2ncc(C(=O)Nc3ccc4c(C)cc(=O)oc4c3)c2C)c1. The molecule has 2 heterocycles. The molecule has 1 N–H and O–H groups in total. The summed E-state index contributed by atoms with van der Waals surface area (Å²) in [4.78, 5) is 24.4. The van der Waals surface area contributed by atoms with Gasteiger partial charge in [0.2, 0.25) is 0 Å². The summed E-state index contributed by atoms with van der Waals surface area (Å²) in [6.07, 6.45) is 1.55. The van der Waals surface area contributed by atoms with Crippen LogP contribution in [0.15, 0.2) is 63.9 Å². The minimum atomic E-state index is -0.413. The smallest absolute Gasteiger partial charge is 0.336 e. The Morgan fingerprint density at radius 2 is 1.89 bits per heavy atom. The van der Waals surface area contributed by atoms with Gasteiger partial charge in [0.25, 0.3) is 5.91 Å². The molecule has 0 aliphatic rings. The van der Waals surface area contributed by atoms with E-state index in [4.69, 9.17) is 4.42 Å². The standard InChI is InChI=1S/C22H19N3O3/c1-13-5-4-6-17(9-13)25-15(3)19(12-23-25)22(27)24-16-7-8-18-14(2)10-21(26)28-20(18)11-16/h4-12H,1-3H3,(H,24,27). The third-order valence-corrected chi connectivity index (χ3v) is 4.71.